The molecule has 82 valence electrons. The summed E-state index contributed by atoms with van der Waals surface area (Å²) < 4.78 is 0. The van der Waals surface area contributed by atoms with Crippen molar-refractivity contribution < 1.29 is 4.79 Å². The molecule has 0 atom stereocenters. The van der Waals surface area contributed by atoms with Gasteiger partial charge in [0.1, 0.15) is 6.29 Å². The van der Waals surface area contributed by atoms with Crippen molar-refractivity contribution in [3.05, 3.63) is 0 Å². The minimum absolute atomic E-state index is 0.0318. The summed E-state index contributed by atoms with van der Waals surface area (Å²) in [7, 11) is 2.19. The molecule has 2 heteroatoms. The van der Waals surface area contributed by atoms with Crippen LogP contribution in [0.4, 0.5) is 0 Å². The zero-order valence-corrected chi connectivity index (χ0v) is 9.59. The quantitative estimate of drug-likeness (QED) is 0.602. The van der Waals surface area contributed by atoms with Crippen molar-refractivity contribution in [1.82, 2.24) is 4.90 Å². The Morgan fingerprint density at radius 3 is 2.00 bits per heavy atom. The van der Waals surface area contributed by atoms with Gasteiger partial charge in [-0.2, -0.15) is 0 Å². The van der Waals surface area contributed by atoms with E-state index in [2.05, 4.69) is 18.9 Å². The summed E-state index contributed by atoms with van der Waals surface area (Å²) in [6, 6.07) is 0. The van der Waals surface area contributed by atoms with Gasteiger partial charge < -0.3 is 9.69 Å². The summed E-state index contributed by atoms with van der Waals surface area (Å²) in [6.45, 7) is 4.50. The van der Waals surface area contributed by atoms with Crippen LogP contribution in [0, 0.1) is 5.41 Å². The molecule has 0 N–H and O–H groups in total. The smallest absolute Gasteiger partial charge is 0.125 e. The van der Waals surface area contributed by atoms with Gasteiger partial charge in [-0.25, -0.2) is 0 Å². The van der Waals surface area contributed by atoms with E-state index in [0.29, 0.717) is 0 Å². The van der Waals surface area contributed by atoms with E-state index in [4.69, 9.17) is 0 Å². The summed E-state index contributed by atoms with van der Waals surface area (Å²) in [6.07, 6.45) is 8.19. The van der Waals surface area contributed by atoms with Crippen LogP contribution in [-0.2, 0) is 4.79 Å². The molecule has 0 saturated carbocycles. The number of rotatable bonds is 1. The summed E-state index contributed by atoms with van der Waals surface area (Å²) >= 11 is 0. The third-order valence-electron chi connectivity index (χ3n) is 3.36. The Balaban J connectivity index is 2.42. The molecule has 0 amide bonds. The Labute approximate surface area is 87.7 Å². The monoisotopic (exact) mass is 197 g/mol. The minimum Gasteiger partial charge on any atom is -0.306 e. The fourth-order valence-corrected chi connectivity index (χ4v) is 2.18. The first-order valence-electron chi connectivity index (χ1n) is 5.81. The first kappa shape index (κ1) is 11.7. The van der Waals surface area contributed by atoms with Crippen LogP contribution in [0.15, 0.2) is 0 Å². The number of nitrogens with zero attached hydrogens (tertiary/aromatic N) is 1. The largest absolute Gasteiger partial charge is 0.306 e. The number of carbonyl (C=O) groups excluding carboxylic acids is 1. The van der Waals surface area contributed by atoms with Gasteiger partial charge in [0.15, 0.2) is 0 Å². The molecule has 2 nitrogen and oxygen atoms in total. The van der Waals surface area contributed by atoms with Gasteiger partial charge in [-0.3, -0.25) is 0 Å². The molecule has 0 aliphatic carbocycles. The minimum atomic E-state index is -0.0318. The second-order valence-electron chi connectivity index (χ2n) is 4.99. The lowest BCUT2D eigenvalue weighted by atomic mass is 9.81. The summed E-state index contributed by atoms with van der Waals surface area (Å²) in [5, 5.41) is 0. The molecule has 1 aliphatic heterocycles. The zero-order valence-electron chi connectivity index (χ0n) is 9.59. The highest BCUT2D eigenvalue weighted by atomic mass is 16.1. The van der Waals surface area contributed by atoms with Crippen LogP contribution in [0.2, 0.25) is 0 Å². The lowest BCUT2D eigenvalue weighted by Crippen LogP contribution is -2.25. The first-order valence-corrected chi connectivity index (χ1v) is 5.81. The summed E-state index contributed by atoms with van der Waals surface area (Å²) in [4.78, 5) is 13.4. The molecule has 1 fully saturated rings. The van der Waals surface area contributed by atoms with Crippen LogP contribution in [0.1, 0.15) is 45.4 Å². The van der Waals surface area contributed by atoms with Gasteiger partial charge in [-0.1, -0.05) is 19.8 Å². The maximum Gasteiger partial charge on any atom is 0.125 e. The predicted octanol–water partition coefficient (Wildman–Crippen LogP) is 2.48. The van der Waals surface area contributed by atoms with E-state index >= 15 is 0 Å². The van der Waals surface area contributed by atoms with Gasteiger partial charge in [0, 0.05) is 5.41 Å². The molecule has 0 unspecified atom stereocenters. The van der Waals surface area contributed by atoms with E-state index < -0.39 is 0 Å². The molecule has 14 heavy (non-hydrogen) atoms. The molecular weight excluding hydrogens is 174 g/mol. The average Bonchev–Trinajstić information content (AvgIpc) is 2.19. The Bertz CT molecular complexity index is 167. The topological polar surface area (TPSA) is 20.3 Å². The predicted molar refractivity (Wildman–Crippen MR) is 59.4 cm³/mol. The standard InChI is InChI=1S/C12H23NO/c1-12(11-14)7-3-5-9-13(2)10-6-4-8-12/h11H,3-10H2,1-2H3. The van der Waals surface area contributed by atoms with Crippen LogP contribution in [0.25, 0.3) is 0 Å². The van der Waals surface area contributed by atoms with E-state index in [1.54, 1.807) is 0 Å². The van der Waals surface area contributed by atoms with Crippen molar-refractivity contribution >= 4 is 6.29 Å². The Kier molecular flexibility index (Phi) is 4.59. The van der Waals surface area contributed by atoms with Crippen molar-refractivity contribution in [2.45, 2.75) is 45.4 Å². The fourth-order valence-electron chi connectivity index (χ4n) is 2.18. The highest BCUT2D eigenvalue weighted by Gasteiger charge is 2.23. The SMILES string of the molecule is CN1CCCCC(C)(C=O)CCCC1. The van der Waals surface area contributed by atoms with Crippen LogP contribution in [0.3, 0.4) is 0 Å². The van der Waals surface area contributed by atoms with Gasteiger partial charge >= 0.3 is 0 Å². The molecule has 0 aromatic rings. The van der Waals surface area contributed by atoms with E-state index in [0.717, 1.165) is 12.8 Å². The molecule has 0 radical (unpaired) electrons. The second-order valence-corrected chi connectivity index (χ2v) is 4.99. The van der Waals surface area contributed by atoms with Crippen molar-refractivity contribution in [3.63, 3.8) is 0 Å². The number of hydrogen-bond donors (Lipinski definition) is 0. The molecule has 1 saturated heterocycles. The maximum atomic E-state index is 11.0. The maximum absolute atomic E-state index is 11.0. The summed E-state index contributed by atoms with van der Waals surface area (Å²) in [5.41, 5.74) is -0.0318. The van der Waals surface area contributed by atoms with Crippen LogP contribution in [-0.4, -0.2) is 31.3 Å². The van der Waals surface area contributed by atoms with Crippen molar-refractivity contribution in [3.8, 4) is 0 Å². The van der Waals surface area contributed by atoms with Gasteiger partial charge in [0.25, 0.3) is 0 Å². The average molecular weight is 197 g/mol. The highest BCUT2D eigenvalue weighted by Crippen LogP contribution is 2.28. The highest BCUT2D eigenvalue weighted by molar-refractivity contribution is 5.58. The Morgan fingerprint density at radius 2 is 1.57 bits per heavy atom. The Hall–Kier alpha value is -0.370. The molecule has 1 rings (SSSR count). The molecule has 0 bridgehead atoms. The van der Waals surface area contributed by atoms with Crippen molar-refractivity contribution in [1.29, 1.82) is 0 Å². The molecule has 1 aliphatic rings. The third-order valence-corrected chi connectivity index (χ3v) is 3.36. The molecule has 1 heterocycles. The Morgan fingerprint density at radius 1 is 1.07 bits per heavy atom. The second kappa shape index (κ2) is 5.50. The normalized spacial score (nSPS) is 25.6. The number of carbonyl (C=O) groups is 1. The van der Waals surface area contributed by atoms with Crippen molar-refractivity contribution in [2.75, 3.05) is 20.1 Å². The molecule has 0 spiro atoms. The number of hydrogen-bond acceptors (Lipinski definition) is 2. The molecule has 0 aromatic heterocycles. The van der Waals surface area contributed by atoms with Gasteiger partial charge in [0.05, 0.1) is 0 Å². The van der Waals surface area contributed by atoms with Gasteiger partial charge in [-0.15, -0.1) is 0 Å². The fraction of sp³-hybridized carbons (Fsp3) is 0.917. The lowest BCUT2D eigenvalue weighted by molar-refractivity contribution is -0.116. The van der Waals surface area contributed by atoms with Crippen LogP contribution >= 0.6 is 0 Å². The van der Waals surface area contributed by atoms with E-state index in [9.17, 15) is 4.79 Å². The van der Waals surface area contributed by atoms with E-state index in [-0.39, 0.29) is 5.41 Å². The number of aldehydes is 1. The van der Waals surface area contributed by atoms with Crippen LogP contribution in [0.5, 0.6) is 0 Å². The van der Waals surface area contributed by atoms with Gasteiger partial charge in [-0.05, 0) is 45.8 Å². The van der Waals surface area contributed by atoms with Crippen LogP contribution < -0.4 is 0 Å². The zero-order chi connectivity index (χ0) is 10.4. The molecule has 0 aromatic carbocycles. The lowest BCUT2D eigenvalue weighted by Gasteiger charge is -2.26. The first-order chi connectivity index (χ1) is 6.66. The summed E-state index contributed by atoms with van der Waals surface area (Å²) in [5.74, 6) is 0. The van der Waals surface area contributed by atoms with Crippen molar-refractivity contribution in [2.24, 2.45) is 5.41 Å². The van der Waals surface area contributed by atoms with Gasteiger partial charge in [0.2, 0.25) is 0 Å². The molecular formula is C12H23NO. The third kappa shape index (κ3) is 3.79. The van der Waals surface area contributed by atoms with E-state index in [1.165, 1.54) is 45.1 Å². The van der Waals surface area contributed by atoms with E-state index in [1.807, 2.05) is 0 Å².